The van der Waals surface area contributed by atoms with Gasteiger partial charge in [-0.2, -0.15) is 0 Å². The molecule has 0 heterocycles. The third-order valence-electron chi connectivity index (χ3n) is 5.34. The summed E-state index contributed by atoms with van der Waals surface area (Å²) in [5.74, 6) is -1.22. The molecule has 0 saturated heterocycles. The Hall–Kier alpha value is -0.860. The van der Waals surface area contributed by atoms with E-state index in [1.165, 1.54) is 21.1 Å². The third-order valence-corrected chi connectivity index (χ3v) is 5.34. The Morgan fingerprint density at radius 2 is 1.71 bits per heavy atom. The number of fused-ring (bicyclic) bond motifs is 1. The van der Waals surface area contributed by atoms with Gasteiger partial charge in [-0.15, -0.1) is 0 Å². The van der Waals surface area contributed by atoms with Crippen LogP contribution >= 0.6 is 0 Å². The first-order valence-corrected chi connectivity index (χ1v) is 8.33. The summed E-state index contributed by atoms with van der Waals surface area (Å²) in [6.07, 6.45) is -1.24. The second-order valence-corrected chi connectivity index (χ2v) is 6.83. The first kappa shape index (κ1) is 19.5. The van der Waals surface area contributed by atoms with Crippen LogP contribution in [0.25, 0.3) is 0 Å². The fraction of sp³-hybridized carbons (Fsp3) is 0.882. The van der Waals surface area contributed by atoms with Crippen molar-refractivity contribution < 1.29 is 33.6 Å². The van der Waals surface area contributed by atoms with Crippen LogP contribution in [0.3, 0.4) is 0 Å². The lowest BCUT2D eigenvalue weighted by Gasteiger charge is -2.52. The summed E-state index contributed by atoms with van der Waals surface area (Å²) in [6.45, 7) is 3.56. The fourth-order valence-corrected chi connectivity index (χ4v) is 4.30. The molecule has 0 aromatic carbocycles. The zero-order valence-electron chi connectivity index (χ0n) is 14.8. The Balaban J connectivity index is 2.32. The van der Waals surface area contributed by atoms with Crippen LogP contribution in [0, 0.1) is 23.7 Å². The number of aliphatic hydroxyl groups is 1. The van der Waals surface area contributed by atoms with E-state index < -0.39 is 18.1 Å². The second-order valence-electron chi connectivity index (χ2n) is 6.83. The molecular weight excluding hydrogens is 316 g/mol. The standard InChI is InChI=1S/C17H28O7/c1-9-16(23-7-21-3)14-12(10(2)18)5-11(19)6-13(14)15(20)17(9)24-8-22-4/h9,12-17,20H,5-8H2,1-4H3/t9-,12+,13-,14+,15-,16-,17-/m0/s1. The van der Waals surface area contributed by atoms with Crippen molar-refractivity contribution in [2.24, 2.45) is 23.7 Å². The summed E-state index contributed by atoms with van der Waals surface area (Å²) in [5, 5.41) is 10.8. The molecule has 0 aromatic heterocycles. The molecule has 138 valence electrons. The number of hydrogen-bond donors (Lipinski definition) is 1. The van der Waals surface area contributed by atoms with Gasteiger partial charge < -0.3 is 24.1 Å². The molecule has 7 heteroatoms. The molecule has 24 heavy (non-hydrogen) atoms. The van der Waals surface area contributed by atoms with E-state index in [2.05, 4.69) is 0 Å². The first-order valence-electron chi connectivity index (χ1n) is 8.33. The van der Waals surface area contributed by atoms with Crippen LogP contribution in [-0.4, -0.2) is 62.8 Å². The maximum absolute atomic E-state index is 12.1. The number of carbonyl (C=O) groups excluding carboxylic acids is 2. The zero-order chi connectivity index (χ0) is 17.9. The fourth-order valence-electron chi connectivity index (χ4n) is 4.30. The van der Waals surface area contributed by atoms with Crippen molar-refractivity contribution in [2.75, 3.05) is 27.8 Å². The Kier molecular flexibility index (Phi) is 6.88. The number of methoxy groups -OCH3 is 2. The van der Waals surface area contributed by atoms with Gasteiger partial charge in [0.1, 0.15) is 25.2 Å². The molecule has 2 saturated carbocycles. The van der Waals surface area contributed by atoms with E-state index in [4.69, 9.17) is 18.9 Å². The number of Topliss-reactive ketones (excluding diaryl/α,β-unsaturated/α-hetero) is 2. The highest BCUT2D eigenvalue weighted by molar-refractivity contribution is 5.88. The summed E-state index contributed by atoms with van der Waals surface area (Å²) in [5.41, 5.74) is 0. The van der Waals surface area contributed by atoms with Gasteiger partial charge in [-0.3, -0.25) is 9.59 Å². The maximum Gasteiger partial charge on any atom is 0.146 e. The molecule has 7 nitrogen and oxygen atoms in total. The van der Waals surface area contributed by atoms with Crippen LogP contribution < -0.4 is 0 Å². The molecule has 0 radical (unpaired) electrons. The van der Waals surface area contributed by atoms with Crippen LogP contribution in [0.1, 0.15) is 26.7 Å². The normalized spacial score (nSPS) is 39.5. The minimum absolute atomic E-state index is 0.000959. The molecule has 1 N–H and O–H groups in total. The highest BCUT2D eigenvalue weighted by atomic mass is 16.7. The van der Waals surface area contributed by atoms with Crippen LogP contribution in [0.4, 0.5) is 0 Å². The Bertz CT molecular complexity index is 452. The average molecular weight is 344 g/mol. The van der Waals surface area contributed by atoms with E-state index >= 15 is 0 Å². The smallest absolute Gasteiger partial charge is 0.146 e. The number of ketones is 2. The average Bonchev–Trinajstić information content (AvgIpc) is 2.54. The van der Waals surface area contributed by atoms with Crippen LogP contribution in [0.15, 0.2) is 0 Å². The molecule has 2 aliphatic rings. The summed E-state index contributed by atoms with van der Waals surface area (Å²) in [6, 6.07) is 0. The predicted molar refractivity (Wildman–Crippen MR) is 84.1 cm³/mol. The lowest BCUT2D eigenvalue weighted by atomic mass is 9.58. The number of aliphatic hydroxyl groups excluding tert-OH is 1. The van der Waals surface area contributed by atoms with Crippen molar-refractivity contribution in [2.45, 2.75) is 45.0 Å². The van der Waals surface area contributed by atoms with E-state index in [0.29, 0.717) is 0 Å². The summed E-state index contributed by atoms with van der Waals surface area (Å²) >= 11 is 0. The largest absolute Gasteiger partial charge is 0.390 e. The molecule has 0 bridgehead atoms. The van der Waals surface area contributed by atoms with Gasteiger partial charge in [-0.25, -0.2) is 0 Å². The van der Waals surface area contributed by atoms with E-state index in [-0.39, 0.29) is 61.9 Å². The number of rotatable bonds is 7. The number of carbonyl (C=O) groups is 2. The van der Waals surface area contributed by atoms with Crippen molar-refractivity contribution in [3.8, 4) is 0 Å². The van der Waals surface area contributed by atoms with Gasteiger partial charge in [0.2, 0.25) is 0 Å². The topological polar surface area (TPSA) is 91.3 Å². The summed E-state index contributed by atoms with van der Waals surface area (Å²) in [4.78, 5) is 24.2. The van der Waals surface area contributed by atoms with Gasteiger partial charge in [0.05, 0.1) is 18.3 Å². The Morgan fingerprint density at radius 1 is 1.12 bits per heavy atom. The Morgan fingerprint density at radius 3 is 2.25 bits per heavy atom. The third kappa shape index (κ3) is 3.86. The van der Waals surface area contributed by atoms with Crippen molar-refractivity contribution in [1.82, 2.24) is 0 Å². The monoisotopic (exact) mass is 344 g/mol. The van der Waals surface area contributed by atoms with E-state index in [1.54, 1.807) is 0 Å². The first-order chi connectivity index (χ1) is 11.4. The van der Waals surface area contributed by atoms with Crippen molar-refractivity contribution in [3.63, 3.8) is 0 Å². The van der Waals surface area contributed by atoms with E-state index in [0.717, 1.165) is 0 Å². The van der Waals surface area contributed by atoms with Crippen LogP contribution in [0.5, 0.6) is 0 Å². The van der Waals surface area contributed by atoms with Crippen molar-refractivity contribution in [1.29, 1.82) is 0 Å². The molecule has 2 aliphatic carbocycles. The molecule has 2 rings (SSSR count). The van der Waals surface area contributed by atoms with Crippen molar-refractivity contribution in [3.05, 3.63) is 0 Å². The van der Waals surface area contributed by atoms with Gasteiger partial charge in [0, 0.05) is 50.7 Å². The highest BCUT2D eigenvalue weighted by Crippen LogP contribution is 2.47. The molecular formula is C17H28O7. The maximum atomic E-state index is 12.1. The lowest BCUT2D eigenvalue weighted by molar-refractivity contribution is -0.233. The summed E-state index contributed by atoms with van der Waals surface area (Å²) < 4.78 is 21.5. The number of ether oxygens (including phenoxy) is 4. The lowest BCUT2D eigenvalue weighted by Crippen LogP contribution is -2.61. The van der Waals surface area contributed by atoms with Crippen molar-refractivity contribution >= 4 is 11.6 Å². The Labute approximate surface area is 142 Å². The molecule has 7 atom stereocenters. The quantitative estimate of drug-likeness (QED) is 0.682. The molecule has 0 aliphatic heterocycles. The van der Waals surface area contributed by atoms with E-state index in [1.807, 2.05) is 6.92 Å². The highest BCUT2D eigenvalue weighted by Gasteiger charge is 2.55. The second kappa shape index (κ2) is 8.49. The minimum Gasteiger partial charge on any atom is -0.390 e. The van der Waals surface area contributed by atoms with Gasteiger partial charge in [0.25, 0.3) is 0 Å². The number of hydrogen-bond acceptors (Lipinski definition) is 7. The van der Waals surface area contributed by atoms with E-state index in [9.17, 15) is 14.7 Å². The van der Waals surface area contributed by atoms with Crippen LogP contribution in [0.2, 0.25) is 0 Å². The SMILES string of the molecule is COCO[C@H]1[C@@H](C)[C@H](OCOC)[C@H]2[C@H](CC(=O)C[C@@H]2C(C)=O)[C@@H]1O. The molecule has 0 spiro atoms. The van der Waals surface area contributed by atoms with Crippen LogP contribution in [-0.2, 0) is 28.5 Å². The minimum atomic E-state index is -0.839. The molecule has 0 unspecified atom stereocenters. The van der Waals surface area contributed by atoms with Gasteiger partial charge >= 0.3 is 0 Å². The summed E-state index contributed by atoms with van der Waals surface area (Å²) in [7, 11) is 3.04. The molecule has 2 fully saturated rings. The molecule has 0 aromatic rings. The van der Waals surface area contributed by atoms with Gasteiger partial charge in [0.15, 0.2) is 0 Å². The van der Waals surface area contributed by atoms with Gasteiger partial charge in [-0.05, 0) is 6.92 Å². The predicted octanol–water partition coefficient (Wildman–Crippen LogP) is 0.776. The van der Waals surface area contributed by atoms with Gasteiger partial charge in [-0.1, -0.05) is 6.92 Å². The molecule has 0 amide bonds. The zero-order valence-corrected chi connectivity index (χ0v) is 14.8.